The van der Waals surface area contributed by atoms with E-state index in [4.69, 9.17) is 0 Å². The van der Waals surface area contributed by atoms with E-state index >= 15 is 0 Å². The van der Waals surface area contributed by atoms with Crippen LogP contribution in [0.4, 0.5) is 0 Å². The van der Waals surface area contributed by atoms with Gasteiger partial charge in [-0.3, -0.25) is 0 Å². The molecular weight excluding hydrogens is 230 g/mol. The SMILES string of the molecule is CCCCCCCCCC(NC)C(CCC)CCC. The fourth-order valence-corrected chi connectivity index (χ4v) is 3.23. The topological polar surface area (TPSA) is 12.0 Å². The summed E-state index contributed by atoms with van der Waals surface area (Å²) in [6.45, 7) is 6.94. The van der Waals surface area contributed by atoms with Gasteiger partial charge in [-0.15, -0.1) is 0 Å². The highest BCUT2D eigenvalue weighted by molar-refractivity contribution is 4.74. The number of rotatable bonds is 14. The van der Waals surface area contributed by atoms with E-state index in [1.807, 2.05) is 0 Å². The Balaban J connectivity index is 3.71. The molecule has 0 aromatic heterocycles. The first-order valence-corrected chi connectivity index (χ1v) is 8.97. The molecule has 19 heavy (non-hydrogen) atoms. The molecule has 1 unspecified atom stereocenters. The van der Waals surface area contributed by atoms with Gasteiger partial charge in [0.25, 0.3) is 0 Å². The maximum absolute atomic E-state index is 3.58. The lowest BCUT2D eigenvalue weighted by atomic mass is 9.87. The van der Waals surface area contributed by atoms with Crippen LogP contribution in [0.5, 0.6) is 0 Å². The molecule has 0 rings (SSSR count). The van der Waals surface area contributed by atoms with Gasteiger partial charge in [-0.05, 0) is 32.2 Å². The van der Waals surface area contributed by atoms with E-state index in [0.29, 0.717) is 0 Å². The van der Waals surface area contributed by atoms with Crippen molar-refractivity contribution in [1.29, 1.82) is 0 Å². The minimum atomic E-state index is 0.760. The third-order valence-electron chi connectivity index (χ3n) is 4.38. The van der Waals surface area contributed by atoms with Crippen LogP contribution >= 0.6 is 0 Å². The molecule has 1 heteroatoms. The van der Waals surface area contributed by atoms with Gasteiger partial charge in [0.15, 0.2) is 0 Å². The first kappa shape index (κ1) is 19.0. The molecule has 1 nitrogen and oxygen atoms in total. The summed E-state index contributed by atoms with van der Waals surface area (Å²) >= 11 is 0. The van der Waals surface area contributed by atoms with Crippen LogP contribution in [0.15, 0.2) is 0 Å². The van der Waals surface area contributed by atoms with Crippen molar-refractivity contribution < 1.29 is 0 Å². The fourth-order valence-electron chi connectivity index (χ4n) is 3.23. The van der Waals surface area contributed by atoms with Gasteiger partial charge in [-0.25, -0.2) is 0 Å². The Kier molecular flexibility index (Phi) is 14.3. The molecule has 0 radical (unpaired) electrons. The van der Waals surface area contributed by atoms with Crippen LogP contribution in [0.3, 0.4) is 0 Å². The average Bonchev–Trinajstić information content (AvgIpc) is 2.42. The van der Waals surface area contributed by atoms with Crippen molar-refractivity contribution >= 4 is 0 Å². The van der Waals surface area contributed by atoms with Gasteiger partial charge in [0.2, 0.25) is 0 Å². The van der Waals surface area contributed by atoms with Crippen LogP contribution in [0, 0.1) is 5.92 Å². The van der Waals surface area contributed by atoms with Gasteiger partial charge in [0.1, 0.15) is 0 Å². The van der Waals surface area contributed by atoms with Gasteiger partial charge in [-0.2, -0.15) is 0 Å². The maximum Gasteiger partial charge on any atom is 0.00923 e. The third-order valence-corrected chi connectivity index (χ3v) is 4.38. The van der Waals surface area contributed by atoms with Gasteiger partial charge < -0.3 is 5.32 Å². The number of hydrogen-bond acceptors (Lipinski definition) is 1. The number of unbranched alkanes of at least 4 members (excludes halogenated alkanes) is 6. The molecular formula is C18H39N. The smallest absolute Gasteiger partial charge is 0.00923 e. The zero-order valence-corrected chi connectivity index (χ0v) is 14.1. The Morgan fingerprint density at radius 2 is 1.16 bits per heavy atom. The van der Waals surface area contributed by atoms with E-state index in [1.165, 1.54) is 77.0 Å². The van der Waals surface area contributed by atoms with Crippen molar-refractivity contribution in [3.63, 3.8) is 0 Å². The summed E-state index contributed by atoms with van der Waals surface area (Å²) in [6.07, 6.45) is 16.8. The maximum atomic E-state index is 3.58. The second-order valence-corrected chi connectivity index (χ2v) is 6.14. The number of nitrogens with one attached hydrogen (secondary N) is 1. The van der Waals surface area contributed by atoms with Crippen LogP contribution in [-0.4, -0.2) is 13.1 Å². The van der Waals surface area contributed by atoms with Gasteiger partial charge in [0.05, 0.1) is 0 Å². The van der Waals surface area contributed by atoms with Crippen molar-refractivity contribution in [3.05, 3.63) is 0 Å². The van der Waals surface area contributed by atoms with Crippen LogP contribution in [0.25, 0.3) is 0 Å². The lowest BCUT2D eigenvalue weighted by Crippen LogP contribution is -2.33. The van der Waals surface area contributed by atoms with Crippen LogP contribution < -0.4 is 5.32 Å². The second-order valence-electron chi connectivity index (χ2n) is 6.14. The molecule has 116 valence electrons. The second kappa shape index (κ2) is 14.4. The summed E-state index contributed by atoms with van der Waals surface area (Å²) in [6, 6.07) is 0.760. The standard InChI is InChI=1S/C18H39N/c1-5-8-9-10-11-12-13-16-18(19-4)17(14-6-2)15-7-3/h17-19H,5-16H2,1-4H3. The van der Waals surface area contributed by atoms with Crippen molar-refractivity contribution in [2.45, 2.75) is 104 Å². The molecule has 0 aromatic rings. The highest BCUT2D eigenvalue weighted by atomic mass is 14.9. The Morgan fingerprint density at radius 3 is 1.63 bits per heavy atom. The Labute approximate surface area is 122 Å². The molecule has 0 spiro atoms. The Bertz CT molecular complexity index is 161. The normalized spacial score (nSPS) is 13.1. The van der Waals surface area contributed by atoms with Crippen LogP contribution in [0.2, 0.25) is 0 Å². The summed E-state index contributed by atoms with van der Waals surface area (Å²) in [5.41, 5.74) is 0. The van der Waals surface area contributed by atoms with Gasteiger partial charge >= 0.3 is 0 Å². The van der Waals surface area contributed by atoms with Crippen LogP contribution in [-0.2, 0) is 0 Å². The molecule has 0 aliphatic rings. The highest BCUT2D eigenvalue weighted by Crippen LogP contribution is 2.22. The quantitative estimate of drug-likeness (QED) is 0.385. The monoisotopic (exact) mass is 269 g/mol. The summed E-state index contributed by atoms with van der Waals surface area (Å²) < 4.78 is 0. The minimum Gasteiger partial charge on any atom is -0.317 e. The molecule has 0 aliphatic carbocycles. The lowest BCUT2D eigenvalue weighted by molar-refractivity contribution is 0.303. The number of hydrogen-bond donors (Lipinski definition) is 1. The van der Waals surface area contributed by atoms with Gasteiger partial charge in [0, 0.05) is 6.04 Å². The van der Waals surface area contributed by atoms with Crippen molar-refractivity contribution in [1.82, 2.24) is 5.32 Å². The van der Waals surface area contributed by atoms with E-state index < -0.39 is 0 Å². The van der Waals surface area contributed by atoms with Crippen molar-refractivity contribution in [2.24, 2.45) is 5.92 Å². The molecule has 0 aliphatic heterocycles. The summed E-state index contributed by atoms with van der Waals surface area (Å²) in [5, 5.41) is 3.58. The highest BCUT2D eigenvalue weighted by Gasteiger charge is 2.17. The molecule has 0 fully saturated rings. The van der Waals surface area contributed by atoms with E-state index in [-0.39, 0.29) is 0 Å². The fraction of sp³-hybridized carbons (Fsp3) is 1.00. The van der Waals surface area contributed by atoms with E-state index in [1.54, 1.807) is 0 Å². The molecule has 0 heterocycles. The largest absolute Gasteiger partial charge is 0.317 e. The predicted octanol–water partition coefficient (Wildman–Crippen LogP) is 5.93. The molecule has 1 N–H and O–H groups in total. The molecule has 0 saturated heterocycles. The summed E-state index contributed by atoms with van der Waals surface area (Å²) in [7, 11) is 2.16. The molecule has 0 aromatic carbocycles. The molecule has 1 atom stereocenters. The predicted molar refractivity (Wildman–Crippen MR) is 88.8 cm³/mol. The van der Waals surface area contributed by atoms with Crippen LogP contribution in [0.1, 0.15) is 97.8 Å². The Hall–Kier alpha value is -0.0400. The summed E-state index contributed by atoms with van der Waals surface area (Å²) in [5.74, 6) is 0.903. The lowest BCUT2D eigenvalue weighted by Gasteiger charge is -2.26. The summed E-state index contributed by atoms with van der Waals surface area (Å²) in [4.78, 5) is 0. The van der Waals surface area contributed by atoms with E-state index in [9.17, 15) is 0 Å². The minimum absolute atomic E-state index is 0.760. The molecule has 0 amide bonds. The molecule has 0 bridgehead atoms. The van der Waals surface area contributed by atoms with E-state index in [2.05, 4.69) is 33.1 Å². The zero-order chi connectivity index (χ0) is 14.3. The van der Waals surface area contributed by atoms with E-state index in [0.717, 1.165) is 12.0 Å². The van der Waals surface area contributed by atoms with Crippen molar-refractivity contribution in [3.8, 4) is 0 Å². The molecule has 0 saturated carbocycles. The Morgan fingerprint density at radius 1 is 0.632 bits per heavy atom. The van der Waals surface area contributed by atoms with Crippen molar-refractivity contribution in [2.75, 3.05) is 7.05 Å². The zero-order valence-electron chi connectivity index (χ0n) is 14.1. The first-order valence-electron chi connectivity index (χ1n) is 8.97. The third kappa shape index (κ3) is 10.4. The van der Waals surface area contributed by atoms with Gasteiger partial charge in [-0.1, -0.05) is 78.6 Å². The average molecular weight is 270 g/mol. The first-order chi connectivity index (χ1) is 9.29.